The Morgan fingerprint density at radius 3 is 2.52 bits per heavy atom. The van der Waals surface area contributed by atoms with Crippen LogP contribution in [-0.2, 0) is 16.0 Å². The number of thiazole rings is 1. The first-order valence-corrected chi connectivity index (χ1v) is 12.0. The van der Waals surface area contributed by atoms with E-state index in [1.54, 1.807) is 29.2 Å². The molecule has 7 nitrogen and oxygen atoms in total. The maximum atomic E-state index is 13.6. The Hall–Kier alpha value is -3.10. The number of hydrogen-bond donors (Lipinski definition) is 0. The summed E-state index contributed by atoms with van der Waals surface area (Å²) in [7, 11) is 4.01. The molecule has 33 heavy (non-hydrogen) atoms. The molecule has 0 aliphatic carbocycles. The first-order chi connectivity index (χ1) is 15.9. The highest BCUT2D eigenvalue weighted by molar-refractivity contribution is 7.22. The third-order valence-corrected chi connectivity index (χ3v) is 6.76. The molecule has 1 aliphatic rings. The molecular formula is C25H28N4O3S. The second-order valence-corrected chi connectivity index (χ2v) is 9.45. The Morgan fingerprint density at radius 2 is 1.82 bits per heavy atom. The lowest BCUT2D eigenvalue weighted by molar-refractivity contribution is -0.121. The van der Waals surface area contributed by atoms with Crippen LogP contribution in [0, 0.1) is 0 Å². The molecule has 1 saturated heterocycles. The molecule has 4 rings (SSSR count). The second-order valence-electron chi connectivity index (χ2n) is 8.44. The highest BCUT2D eigenvalue weighted by Gasteiger charge is 2.31. The zero-order valence-corrected chi connectivity index (χ0v) is 20.0. The van der Waals surface area contributed by atoms with Crippen molar-refractivity contribution in [2.24, 2.45) is 0 Å². The van der Waals surface area contributed by atoms with Gasteiger partial charge in [0.25, 0.3) is 5.91 Å². The van der Waals surface area contributed by atoms with Gasteiger partial charge in [-0.05, 0) is 69.4 Å². The van der Waals surface area contributed by atoms with Crippen LogP contribution in [0.15, 0.2) is 42.5 Å². The lowest BCUT2D eigenvalue weighted by atomic mass is 10.1. The van der Waals surface area contributed by atoms with Crippen molar-refractivity contribution in [3.05, 3.63) is 53.6 Å². The van der Waals surface area contributed by atoms with Crippen LogP contribution in [0.5, 0.6) is 0 Å². The largest absolute Gasteiger partial charge is 0.309 e. The predicted molar refractivity (Wildman–Crippen MR) is 132 cm³/mol. The molecule has 0 saturated carbocycles. The highest BCUT2D eigenvalue weighted by atomic mass is 32.1. The minimum atomic E-state index is -0.231. The molecule has 0 unspecified atom stereocenters. The standard InChI is InChI=1S/C25H28N4O3S/c1-4-17-9-10-20-21(15-17)33-25(26-20)28(14-6-13-27(2)3)24(32)18-7-5-8-19(16-18)29-22(30)11-12-23(29)31/h5,7-10,15-16H,4,6,11-14H2,1-3H3. The van der Waals surface area contributed by atoms with E-state index in [1.807, 2.05) is 20.2 Å². The SMILES string of the molecule is CCc1ccc2nc(N(CCCN(C)C)C(=O)c3cccc(N4C(=O)CCC4=O)c3)sc2c1. The molecule has 3 amide bonds. The monoisotopic (exact) mass is 464 g/mol. The summed E-state index contributed by atoms with van der Waals surface area (Å²) in [6, 6.07) is 13.0. The van der Waals surface area contributed by atoms with Gasteiger partial charge in [-0.2, -0.15) is 0 Å². The Bertz CT molecular complexity index is 1190. The number of aromatic nitrogens is 1. The Morgan fingerprint density at radius 1 is 1.06 bits per heavy atom. The van der Waals surface area contributed by atoms with E-state index in [4.69, 9.17) is 4.98 Å². The average Bonchev–Trinajstić information content (AvgIpc) is 3.37. The van der Waals surface area contributed by atoms with E-state index in [1.165, 1.54) is 21.8 Å². The van der Waals surface area contributed by atoms with Crippen LogP contribution in [0.3, 0.4) is 0 Å². The van der Waals surface area contributed by atoms with Crippen LogP contribution in [0.4, 0.5) is 10.8 Å². The van der Waals surface area contributed by atoms with Gasteiger partial charge in [-0.25, -0.2) is 4.98 Å². The van der Waals surface area contributed by atoms with Crippen molar-refractivity contribution in [3.63, 3.8) is 0 Å². The average molecular weight is 465 g/mol. The summed E-state index contributed by atoms with van der Waals surface area (Å²) < 4.78 is 1.05. The van der Waals surface area contributed by atoms with Crippen molar-refractivity contribution in [2.45, 2.75) is 32.6 Å². The fourth-order valence-electron chi connectivity index (χ4n) is 3.92. The molecule has 172 valence electrons. The molecule has 1 aromatic heterocycles. The topological polar surface area (TPSA) is 73.8 Å². The molecule has 0 atom stereocenters. The number of amides is 3. The number of anilines is 2. The van der Waals surface area contributed by atoms with Crippen molar-refractivity contribution in [3.8, 4) is 0 Å². The predicted octanol–water partition coefficient (Wildman–Crippen LogP) is 4.11. The first-order valence-electron chi connectivity index (χ1n) is 11.2. The summed E-state index contributed by atoms with van der Waals surface area (Å²) in [5.41, 5.74) is 2.98. The molecule has 1 fully saturated rings. The zero-order chi connectivity index (χ0) is 23.5. The van der Waals surface area contributed by atoms with Crippen LogP contribution in [-0.4, -0.2) is 54.8 Å². The number of imide groups is 1. The molecule has 3 aromatic rings. The normalized spacial score (nSPS) is 14.0. The quantitative estimate of drug-likeness (QED) is 0.469. The van der Waals surface area contributed by atoms with Gasteiger partial charge in [0.2, 0.25) is 11.8 Å². The van der Waals surface area contributed by atoms with E-state index in [2.05, 4.69) is 24.0 Å². The minimum absolute atomic E-state index is 0.190. The minimum Gasteiger partial charge on any atom is -0.309 e. The molecule has 0 spiro atoms. The van der Waals surface area contributed by atoms with E-state index < -0.39 is 0 Å². The number of aryl methyl sites for hydroxylation is 1. The molecule has 1 aliphatic heterocycles. The maximum absolute atomic E-state index is 13.6. The van der Waals surface area contributed by atoms with Gasteiger partial charge < -0.3 is 4.90 Å². The Balaban J connectivity index is 1.67. The van der Waals surface area contributed by atoms with Gasteiger partial charge in [0, 0.05) is 24.9 Å². The van der Waals surface area contributed by atoms with E-state index in [0.717, 1.165) is 29.6 Å². The maximum Gasteiger partial charge on any atom is 0.260 e. The molecule has 8 heteroatoms. The van der Waals surface area contributed by atoms with Gasteiger partial charge >= 0.3 is 0 Å². The van der Waals surface area contributed by atoms with E-state index in [0.29, 0.717) is 22.9 Å². The third kappa shape index (κ3) is 4.96. The lowest BCUT2D eigenvalue weighted by Gasteiger charge is -2.22. The number of carbonyl (C=O) groups excluding carboxylic acids is 3. The van der Waals surface area contributed by atoms with Gasteiger partial charge in [0.15, 0.2) is 5.13 Å². The van der Waals surface area contributed by atoms with Crippen LogP contribution < -0.4 is 9.80 Å². The lowest BCUT2D eigenvalue weighted by Crippen LogP contribution is -2.34. The molecule has 0 radical (unpaired) electrons. The van der Waals surface area contributed by atoms with E-state index in [9.17, 15) is 14.4 Å². The fourth-order valence-corrected chi connectivity index (χ4v) is 4.97. The third-order valence-electron chi connectivity index (χ3n) is 5.72. The number of rotatable bonds is 8. The van der Waals surface area contributed by atoms with Gasteiger partial charge in [0.1, 0.15) is 0 Å². The summed E-state index contributed by atoms with van der Waals surface area (Å²) in [6.07, 6.45) is 2.14. The summed E-state index contributed by atoms with van der Waals surface area (Å²) in [5, 5.41) is 0.653. The fraction of sp³-hybridized carbons (Fsp3) is 0.360. The number of carbonyl (C=O) groups is 3. The molecular weight excluding hydrogens is 436 g/mol. The second kappa shape index (κ2) is 9.80. The van der Waals surface area contributed by atoms with Crippen LogP contribution in [0.1, 0.15) is 42.1 Å². The van der Waals surface area contributed by atoms with Gasteiger partial charge in [0.05, 0.1) is 15.9 Å². The number of nitrogens with zero attached hydrogens (tertiary/aromatic N) is 4. The van der Waals surface area contributed by atoms with E-state index in [-0.39, 0.29) is 30.6 Å². The van der Waals surface area contributed by atoms with Crippen LogP contribution in [0.25, 0.3) is 10.2 Å². The van der Waals surface area contributed by atoms with Gasteiger partial charge in [-0.3, -0.25) is 24.2 Å². The van der Waals surface area contributed by atoms with Crippen molar-refractivity contribution < 1.29 is 14.4 Å². The number of hydrogen-bond acceptors (Lipinski definition) is 6. The van der Waals surface area contributed by atoms with Crippen molar-refractivity contribution >= 4 is 50.1 Å². The first kappa shape index (κ1) is 23.1. The molecule has 2 aromatic carbocycles. The zero-order valence-electron chi connectivity index (χ0n) is 19.2. The summed E-state index contributed by atoms with van der Waals surface area (Å²) >= 11 is 1.51. The van der Waals surface area contributed by atoms with E-state index >= 15 is 0 Å². The Kier molecular flexibility index (Phi) is 6.85. The highest BCUT2D eigenvalue weighted by Crippen LogP contribution is 2.31. The number of benzene rings is 2. The summed E-state index contributed by atoms with van der Waals surface area (Å²) in [5.74, 6) is -0.653. The molecule has 2 heterocycles. The van der Waals surface area contributed by atoms with Crippen LogP contribution in [0.2, 0.25) is 0 Å². The van der Waals surface area contributed by atoms with Gasteiger partial charge in [-0.15, -0.1) is 0 Å². The van der Waals surface area contributed by atoms with Crippen molar-refractivity contribution in [1.29, 1.82) is 0 Å². The van der Waals surface area contributed by atoms with Crippen molar-refractivity contribution in [2.75, 3.05) is 37.0 Å². The number of fused-ring (bicyclic) bond motifs is 1. The van der Waals surface area contributed by atoms with Crippen LogP contribution >= 0.6 is 11.3 Å². The van der Waals surface area contributed by atoms with Crippen molar-refractivity contribution in [1.82, 2.24) is 9.88 Å². The Labute approximate surface area is 197 Å². The summed E-state index contributed by atoms with van der Waals surface area (Å²) in [4.78, 5) is 47.7. The molecule has 0 N–H and O–H groups in total. The molecule has 0 bridgehead atoms. The summed E-state index contributed by atoms with van der Waals surface area (Å²) in [6.45, 7) is 3.47. The van der Waals surface area contributed by atoms with Gasteiger partial charge in [-0.1, -0.05) is 30.4 Å². The smallest absolute Gasteiger partial charge is 0.260 e.